The summed E-state index contributed by atoms with van der Waals surface area (Å²) in [5, 5.41) is 8.75. The minimum absolute atomic E-state index is 0.165. The Kier molecular flexibility index (Phi) is 6.03. The number of rotatable bonds is 7. The molecule has 0 spiro atoms. The lowest BCUT2D eigenvalue weighted by Crippen LogP contribution is -2.48. The Bertz CT molecular complexity index is 250. The Hall–Kier alpha value is -1.10. The Balaban J connectivity index is 4.77. The van der Waals surface area contributed by atoms with Crippen molar-refractivity contribution in [1.82, 2.24) is 4.90 Å². The monoisotopic (exact) mass is 230 g/mol. The minimum atomic E-state index is -0.989. The van der Waals surface area contributed by atoms with Crippen molar-refractivity contribution in [3.05, 3.63) is 0 Å². The van der Waals surface area contributed by atoms with Crippen molar-refractivity contribution in [3.63, 3.8) is 0 Å². The molecular formula is C11H22N2O3. The predicted octanol–water partition coefficient (Wildman–Crippen LogP) is 0.685. The second-order valence-electron chi connectivity index (χ2n) is 4.24. The second kappa shape index (κ2) is 6.48. The quantitative estimate of drug-likeness (QED) is 0.673. The fourth-order valence-corrected chi connectivity index (χ4v) is 1.45. The third-order valence-electron chi connectivity index (χ3n) is 2.85. The molecule has 1 amide bonds. The highest BCUT2D eigenvalue weighted by molar-refractivity contribution is 5.85. The first-order valence-corrected chi connectivity index (χ1v) is 5.62. The summed E-state index contributed by atoms with van der Waals surface area (Å²) in [6, 6.07) is 0. The van der Waals surface area contributed by atoms with Gasteiger partial charge in [-0.25, -0.2) is 0 Å². The molecule has 0 saturated heterocycles. The number of aliphatic carboxylic acids is 1. The molecule has 16 heavy (non-hydrogen) atoms. The van der Waals surface area contributed by atoms with E-state index in [-0.39, 0.29) is 19.0 Å². The molecular weight excluding hydrogens is 208 g/mol. The molecule has 0 bridgehead atoms. The summed E-state index contributed by atoms with van der Waals surface area (Å²) in [5.41, 5.74) is 4.94. The fraction of sp³-hybridized carbons (Fsp3) is 0.818. The summed E-state index contributed by atoms with van der Waals surface area (Å²) >= 11 is 0. The summed E-state index contributed by atoms with van der Waals surface area (Å²) in [6.45, 7) is 6.02. The maximum atomic E-state index is 12.1. The molecule has 1 unspecified atom stereocenters. The molecule has 1 atom stereocenters. The van der Waals surface area contributed by atoms with Gasteiger partial charge in [0.15, 0.2) is 0 Å². The molecule has 0 radical (unpaired) electrons. The van der Waals surface area contributed by atoms with Crippen molar-refractivity contribution in [2.45, 2.75) is 33.6 Å². The van der Waals surface area contributed by atoms with E-state index in [2.05, 4.69) is 0 Å². The van der Waals surface area contributed by atoms with Crippen LogP contribution in [0.1, 0.15) is 33.6 Å². The summed E-state index contributed by atoms with van der Waals surface area (Å²) in [4.78, 5) is 24.2. The fourth-order valence-electron chi connectivity index (χ4n) is 1.45. The van der Waals surface area contributed by atoms with Gasteiger partial charge in [0.2, 0.25) is 5.91 Å². The smallest absolute Gasteiger partial charge is 0.323 e. The highest BCUT2D eigenvalue weighted by Gasteiger charge is 2.34. The molecule has 5 nitrogen and oxygen atoms in total. The van der Waals surface area contributed by atoms with E-state index in [1.165, 1.54) is 4.90 Å². The number of carbonyl (C=O) groups is 2. The molecule has 0 heterocycles. The van der Waals surface area contributed by atoms with Crippen molar-refractivity contribution in [1.29, 1.82) is 0 Å². The van der Waals surface area contributed by atoms with Gasteiger partial charge in [0.25, 0.3) is 0 Å². The largest absolute Gasteiger partial charge is 0.480 e. The number of carboxylic acid groups (broad SMARTS) is 1. The van der Waals surface area contributed by atoms with Crippen molar-refractivity contribution in [2.75, 3.05) is 19.6 Å². The van der Waals surface area contributed by atoms with E-state index in [9.17, 15) is 9.59 Å². The minimum Gasteiger partial charge on any atom is -0.480 e. The van der Waals surface area contributed by atoms with Crippen LogP contribution in [0.5, 0.6) is 0 Å². The average molecular weight is 230 g/mol. The van der Waals surface area contributed by atoms with Gasteiger partial charge in [-0.3, -0.25) is 9.59 Å². The molecule has 3 N–H and O–H groups in total. The summed E-state index contributed by atoms with van der Waals surface area (Å²) < 4.78 is 0. The molecule has 0 aromatic rings. The van der Waals surface area contributed by atoms with Crippen molar-refractivity contribution < 1.29 is 14.7 Å². The van der Waals surface area contributed by atoms with E-state index in [1.807, 2.05) is 13.8 Å². The van der Waals surface area contributed by atoms with Gasteiger partial charge in [0.05, 0.1) is 5.41 Å². The van der Waals surface area contributed by atoms with E-state index in [0.29, 0.717) is 13.0 Å². The molecule has 0 fully saturated rings. The molecule has 5 heteroatoms. The summed E-state index contributed by atoms with van der Waals surface area (Å²) in [7, 11) is 0. The number of hydrogen-bond acceptors (Lipinski definition) is 3. The highest BCUT2D eigenvalue weighted by atomic mass is 16.4. The molecule has 0 saturated carbocycles. The molecule has 0 aromatic heterocycles. The van der Waals surface area contributed by atoms with E-state index >= 15 is 0 Å². The standard InChI is InChI=1S/C11H22N2O3/c1-4-6-13(7-9(14)15)10(16)11(3,5-2)8-12/h4-8,12H2,1-3H3,(H,14,15). The van der Waals surface area contributed by atoms with Crippen LogP contribution in [0.25, 0.3) is 0 Å². The first-order valence-electron chi connectivity index (χ1n) is 5.62. The van der Waals surface area contributed by atoms with Crippen LogP contribution in [0, 0.1) is 5.41 Å². The lowest BCUT2D eigenvalue weighted by Gasteiger charge is -2.32. The lowest BCUT2D eigenvalue weighted by molar-refractivity contribution is -0.149. The number of amides is 1. The number of carboxylic acids is 1. The lowest BCUT2D eigenvalue weighted by atomic mass is 9.86. The zero-order valence-corrected chi connectivity index (χ0v) is 10.3. The van der Waals surface area contributed by atoms with E-state index in [1.54, 1.807) is 6.92 Å². The van der Waals surface area contributed by atoms with E-state index in [4.69, 9.17) is 10.8 Å². The molecule has 0 aliphatic heterocycles. The Labute approximate surface area is 96.6 Å². The van der Waals surface area contributed by atoms with Gasteiger partial charge in [-0.05, 0) is 19.8 Å². The number of nitrogens with zero attached hydrogens (tertiary/aromatic N) is 1. The molecule has 0 aliphatic rings. The predicted molar refractivity (Wildman–Crippen MR) is 62.0 cm³/mol. The maximum Gasteiger partial charge on any atom is 0.323 e. The number of hydrogen-bond donors (Lipinski definition) is 2. The number of carbonyl (C=O) groups excluding carboxylic acids is 1. The van der Waals surface area contributed by atoms with Gasteiger partial charge >= 0.3 is 5.97 Å². The molecule has 0 aromatic carbocycles. The topological polar surface area (TPSA) is 83.6 Å². The van der Waals surface area contributed by atoms with Crippen LogP contribution < -0.4 is 5.73 Å². The van der Waals surface area contributed by atoms with E-state index < -0.39 is 11.4 Å². The van der Waals surface area contributed by atoms with Crippen LogP contribution in [-0.2, 0) is 9.59 Å². The summed E-state index contributed by atoms with van der Waals surface area (Å²) in [6.07, 6.45) is 1.35. The summed E-state index contributed by atoms with van der Waals surface area (Å²) in [5.74, 6) is -1.15. The molecule has 94 valence electrons. The second-order valence-corrected chi connectivity index (χ2v) is 4.24. The van der Waals surface area contributed by atoms with Crippen LogP contribution in [0.15, 0.2) is 0 Å². The SMILES string of the molecule is CCCN(CC(=O)O)C(=O)C(C)(CC)CN. The van der Waals surface area contributed by atoms with Gasteiger partial charge in [-0.1, -0.05) is 13.8 Å². The van der Waals surface area contributed by atoms with Crippen LogP contribution in [0.3, 0.4) is 0 Å². The zero-order valence-electron chi connectivity index (χ0n) is 10.3. The van der Waals surface area contributed by atoms with Crippen LogP contribution in [0.4, 0.5) is 0 Å². The normalized spacial score (nSPS) is 14.2. The highest BCUT2D eigenvalue weighted by Crippen LogP contribution is 2.22. The van der Waals surface area contributed by atoms with Crippen molar-refractivity contribution >= 4 is 11.9 Å². The van der Waals surface area contributed by atoms with Gasteiger partial charge in [0, 0.05) is 13.1 Å². The van der Waals surface area contributed by atoms with Crippen LogP contribution >= 0.6 is 0 Å². The van der Waals surface area contributed by atoms with Crippen LogP contribution in [0.2, 0.25) is 0 Å². The Morgan fingerprint density at radius 1 is 1.38 bits per heavy atom. The first kappa shape index (κ1) is 14.9. The molecule has 0 rings (SSSR count). The van der Waals surface area contributed by atoms with Crippen molar-refractivity contribution in [2.24, 2.45) is 11.1 Å². The van der Waals surface area contributed by atoms with Gasteiger partial charge in [0.1, 0.15) is 6.54 Å². The Morgan fingerprint density at radius 2 is 1.94 bits per heavy atom. The van der Waals surface area contributed by atoms with Crippen LogP contribution in [-0.4, -0.2) is 41.5 Å². The van der Waals surface area contributed by atoms with Crippen molar-refractivity contribution in [3.8, 4) is 0 Å². The third kappa shape index (κ3) is 3.81. The van der Waals surface area contributed by atoms with Gasteiger partial charge in [-0.15, -0.1) is 0 Å². The number of nitrogens with two attached hydrogens (primary N) is 1. The Morgan fingerprint density at radius 3 is 2.25 bits per heavy atom. The van der Waals surface area contributed by atoms with Gasteiger partial charge in [-0.2, -0.15) is 0 Å². The molecule has 0 aliphatic carbocycles. The zero-order chi connectivity index (χ0) is 12.8. The first-order chi connectivity index (χ1) is 7.41. The third-order valence-corrected chi connectivity index (χ3v) is 2.85. The average Bonchev–Trinajstić information content (AvgIpc) is 2.26. The van der Waals surface area contributed by atoms with Gasteiger partial charge < -0.3 is 15.7 Å². The van der Waals surface area contributed by atoms with E-state index in [0.717, 1.165) is 6.42 Å². The maximum absolute atomic E-state index is 12.1.